The van der Waals surface area contributed by atoms with Gasteiger partial charge in [-0.3, -0.25) is 5.84 Å². The molecular weight excluding hydrogens is 186 g/mol. The summed E-state index contributed by atoms with van der Waals surface area (Å²) in [5, 5.41) is 3.14. The van der Waals surface area contributed by atoms with Gasteiger partial charge in [-0.1, -0.05) is 18.2 Å². The maximum absolute atomic E-state index is 5.48. The molecular formula is C12H19N3. The monoisotopic (exact) mass is 205 g/mol. The lowest BCUT2D eigenvalue weighted by Gasteiger charge is -2.20. The third-order valence-electron chi connectivity index (χ3n) is 3.16. The molecule has 0 saturated heterocycles. The van der Waals surface area contributed by atoms with Crippen LogP contribution in [0.3, 0.4) is 0 Å². The van der Waals surface area contributed by atoms with Crippen molar-refractivity contribution in [2.45, 2.75) is 31.8 Å². The average molecular weight is 205 g/mol. The van der Waals surface area contributed by atoms with Gasteiger partial charge in [0.25, 0.3) is 0 Å². The Hall–Kier alpha value is -0.900. The second kappa shape index (κ2) is 4.75. The van der Waals surface area contributed by atoms with E-state index in [1.54, 1.807) is 0 Å². The van der Waals surface area contributed by atoms with E-state index in [0.29, 0.717) is 0 Å². The number of nitrogens with one attached hydrogen (secondary N) is 2. The lowest BCUT2D eigenvalue weighted by Crippen LogP contribution is -2.36. The predicted octanol–water partition coefficient (Wildman–Crippen LogP) is 1.25. The summed E-state index contributed by atoms with van der Waals surface area (Å²) in [5.74, 6) is 5.48. The number of rotatable bonds is 3. The number of nitrogens with two attached hydrogens (primary N) is 1. The van der Waals surface area contributed by atoms with Gasteiger partial charge in [0.1, 0.15) is 0 Å². The molecule has 0 amide bonds. The second-order valence-electron chi connectivity index (χ2n) is 4.12. The van der Waals surface area contributed by atoms with Crippen molar-refractivity contribution < 1.29 is 0 Å². The lowest BCUT2D eigenvalue weighted by molar-refractivity contribution is 0.487. The molecule has 82 valence electrons. The molecule has 15 heavy (non-hydrogen) atoms. The van der Waals surface area contributed by atoms with Gasteiger partial charge in [0.05, 0.1) is 6.17 Å². The van der Waals surface area contributed by atoms with Crippen LogP contribution in [0.15, 0.2) is 18.2 Å². The largest absolute Gasteiger partial charge is 0.300 e. The second-order valence-corrected chi connectivity index (χ2v) is 4.12. The Kier molecular flexibility index (Phi) is 3.36. The first kappa shape index (κ1) is 10.6. The maximum Gasteiger partial charge on any atom is 0.0958 e. The predicted molar refractivity (Wildman–Crippen MR) is 62.2 cm³/mol. The van der Waals surface area contributed by atoms with E-state index in [2.05, 4.69) is 28.9 Å². The number of hydrogen-bond donors (Lipinski definition) is 3. The summed E-state index contributed by atoms with van der Waals surface area (Å²) in [6, 6.07) is 6.67. The number of hydrazine groups is 1. The van der Waals surface area contributed by atoms with Crippen LogP contribution in [0.1, 0.15) is 35.7 Å². The van der Waals surface area contributed by atoms with Crippen molar-refractivity contribution in [3.63, 3.8) is 0 Å². The minimum Gasteiger partial charge on any atom is -0.300 e. The third-order valence-corrected chi connectivity index (χ3v) is 3.16. The van der Waals surface area contributed by atoms with Crippen LogP contribution in [0.25, 0.3) is 0 Å². The molecule has 0 aliphatic heterocycles. The molecule has 4 N–H and O–H groups in total. The first-order valence-corrected chi connectivity index (χ1v) is 5.60. The SMILES string of the molecule is CNC(NN)c1ccc2c(c1)CCCC2. The first-order chi connectivity index (χ1) is 7.35. The standard InChI is InChI=1S/C12H19N3/c1-14-12(15-13)11-7-6-9-4-2-3-5-10(9)8-11/h6-8,12,14-15H,2-5,13H2,1H3. The van der Waals surface area contributed by atoms with Crippen LogP contribution in [-0.2, 0) is 12.8 Å². The smallest absolute Gasteiger partial charge is 0.0958 e. The van der Waals surface area contributed by atoms with Crippen LogP contribution in [-0.4, -0.2) is 7.05 Å². The van der Waals surface area contributed by atoms with E-state index < -0.39 is 0 Å². The van der Waals surface area contributed by atoms with Crippen molar-refractivity contribution in [1.82, 2.24) is 10.7 Å². The highest BCUT2D eigenvalue weighted by atomic mass is 15.3. The van der Waals surface area contributed by atoms with Crippen molar-refractivity contribution in [3.8, 4) is 0 Å². The zero-order chi connectivity index (χ0) is 10.7. The summed E-state index contributed by atoms with van der Waals surface area (Å²) in [4.78, 5) is 0. The zero-order valence-electron chi connectivity index (χ0n) is 9.22. The first-order valence-electron chi connectivity index (χ1n) is 5.60. The van der Waals surface area contributed by atoms with Crippen LogP contribution in [0.4, 0.5) is 0 Å². The minimum absolute atomic E-state index is 0.0530. The van der Waals surface area contributed by atoms with Gasteiger partial charge in [0, 0.05) is 0 Å². The molecule has 0 saturated carbocycles. The molecule has 3 heteroatoms. The van der Waals surface area contributed by atoms with Gasteiger partial charge in [-0.15, -0.1) is 0 Å². The zero-order valence-corrected chi connectivity index (χ0v) is 9.22. The molecule has 0 radical (unpaired) electrons. The van der Waals surface area contributed by atoms with Crippen LogP contribution in [0.2, 0.25) is 0 Å². The normalized spacial score (nSPS) is 17.2. The van der Waals surface area contributed by atoms with E-state index in [1.807, 2.05) is 7.05 Å². The van der Waals surface area contributed by atoms with Crippen LogP contribution < -0.4 is 16.6 Å². The molecule has 1 aliphatic carbocycles. The minimum atomic E-state index is 0.0530. The average Bonchev–Trinajstić information content (AvgIpc) is 2.30. The number of aryl methyl sites for hydroxylation is 2. The third kappa shape index (κ3) is 2.20. The van der Waals surface area contributed by atoms with Gasteiger partial charge in [0.15, 0.2) is 0 Å². The van der Waals surface area contributed by atoms with Gasteiger partial charge in [0.2, 0.25) is 0 Å². The Morgan fingerprint density at radius 2 is 1.93 bits per heavy atom. The molecule has 1 aromatic carbocycles. The van der Waals surface area contributed by atoms with E-state index in [0.717, 1.165) is 0 Å². The maximum atomic E-state index is 5.48. The Morgan fingerprint density at radius 3 is 2.60 bits per heavy atom. The Labute approximate surface area is 91.0 Å². The van der Waals surface area contributed by atoms with E-state index in [9.17, 15) is 0 Å². The summed E-state index contributed by atoms with van der Waals surface area (Å²) in [6.45, 7) is 0. The van der Waals surface area contributed by atoms with Crippen LogP contribution in [0, 0.1) is 0 Å². The Bertz CT molecular complexity index is 332. The molecule has 1 aliphatic rings. The molecule has 0 heterocycles. The fourth-order valence-corrected chi connectivity index (χ4v) is 2.28. The van der Waals surface area contributed by atoms with Crippen molar-refractivity contribution >= 4 is 0 Å². The highest BCUT2D eigenvalue weighted by Gasteiger charge is 2.12. The summed E-state index contributed by atoms with van der Waals surface area (Å²) in [7, 11) is 1.91. The lowest BCUT2D eigenvalue weighted by atomic mass is 9.90. The molecule has 0 aromatic heterocycles. The molecule has 0 fully saturated rings. The van der Waals surface area contributed by atoms with Crippen molar-refractivity contribution in [2.75, 3.05) is 7.05 Å². The molecule has 1 atom stereocenters. The molecule has 3 nitrogen and oxygen atoms in total. The van der Waals surface area contributed by atoms with Crippen LogP contribution >= 0.6 is 0 Å². The topological polar surface area (TPSA) is 50.1 Å². The number of hydrogen-bond acceptors (Lipinski definition) is 3. The molecule has 1 aromatic rings. The van der Waals surface area contributed by atoms with E-state index >= 15 is 0 Å². The number of benzene rings is 1. The van der Waals surface area contributed by atoms with Gasteiger partial charge in [-0.05, 0) is 49.4 Å². The van der Waals surface area contributed by atoms with Crippen molar-refractivity contribution in [3.05, 3.63) is 34.9 Å². The Morgan fingerprint density at radius 1 is 1.20 bits per heavy atom. The highest BCUT2D eigenvalue weighted by Crippen LogP contribution is 2.23. The number of fused-ring (bicyclic) bond motifs is 1. The summed E-state index contributed by atoms with van der Waals surface area (Å²) >= 11 is 0. The molecule has 0 bridgehead atoms. The quantitative estimate of drug-likeness (QED) is 0.395. The van der Waals surface area contributed by atoms with Crippen LogP contribution in [0.5, 0.6) is 0 Å². The Balaban J connectivity index is 2.27. The van der Waals surface area contributed by atoms with Gasteiger partial charge >= 0.3 is 0 Å². The fraction of sp³-hybridized carbons (Fsp3) is 0.500. The highest BCUT2D eigenvalue weighted by molar-refractivity contribution is 5.35. The van der Waals surface area contributed by atoms with Crippen molar-refractivity contribution in [1.29, 1.82) is 0 Å². The van der Waals surface area contributed by atoms with Gasteiger partial charge in [-0.25, -0.2) is 5.43 Å². The van der Waals surface area contributed by atoms with Crippen molar-refractivity contribution in [2.24, 2.45) is 5.84 Å². The molecule has 2 rings (SSSR count). The van der Waals surface area contributed by atoms with E-state index in [1.165, 1.54) is 42.4 Å². The molecule has 0 spiro atoms. The fourth-order valence-electron chi connectivity index (χ4n) is 2.28. The summed E-state index contributed by atoms with van der Waals surface area (Å²) < 4.78 is 0. The van der Waals surface area contributed by atoms with E-state index in [-0.39, 0.29) is 6.17 Å². The summed E-state index contributed by atoms with van der Waals surface area (Å²) in [6.07, 6.45) is 5.14. The summed E-state index contributed by atoms with van der Waals surface area (Å²) in [5.41, 5.74) is 6.99. The molecule has 1 unspecified atom stereocenters. The van der Waals surface area contributed by atoms with Gasteiger partial charge in [-0.2, -0.15) is 0 Å². The van der Waals surface area contributed by atoms with Gasteiger partial charge < -0.3 is 5.32 Å². The van der Waals surface area contributed by atoms with E-state index in [4.69, 9.17) is 5.84 Å².